The van der Waals surface area contributed by atoms with Gasteiger partial charge in [0.1, 0.15) is 0 Å². The molecule has 0 aliphatic rings. The molecule has 0 fully saturated rings. The monoisotopic (exact) mass is 277 g/mol. The van der Waals surface area contributed by atoms with E-state index in [9.17, 15) is 10.1 Å². The molecular weight excluding hydrogens is 262 g/mol. The zero-order valence-electron chi connectivity index (χ0n) is 11.2. The molecule has 1 N–H and O–H groups in total. The molecule has 1 heterocycles. The maximum absolute atomic E-state index is 11.0. The summed E-state index contributed by atoms with van der Waals surface area (Å²) in [6.45, 7) is 3.44. The van der Waals surface area contributed by atoms with E-state index >= 15 is 0 Å². The molecule has 106 valence electrons. The molecule has 20 heavy (non-hydrogen) atoms. The SMILES string of the molecule is CCNCc1cn(-c2ccc(OC)c([N+](=O)[O-])c2)nn1. The lowest BCUT2D eigenvalue weighted by Crippen LogP contribution is -2.11. The Balaban J connectivity index is 2.30. The summed E-state index contributed by atoms with van der Waals surface area (Å²) in [5.41, 5.74) is 1.23. The van der Waals surface area contributed by atoms with Gasteiger partial charge in [-0.2, -0.15) is 0 Å². The first-order valence-electron chi connectivity index (χ1n) is 6.10. The maximum Gasteiger partial charge on any atom is 0.313 e. The number of hydrogen-bond acceptors (Lipinski definition) is 6. The fourth-order valence-electron chi connectivity index (χ4n) is 1.72. The van der Waals surface area contributed by atoms with Crippen LogP contribution < -0.4 is 10.1 Å². The second kappa shape index (κ2) is 6.11. The van der Waals surface area contributed by atoms with Crippen LogP contribution in [0.3, 0.4) is 0 Å². The zero-order chi connectivity index (χ0) is 14.5. The Bertz CT molecular complexity index is 611. The largest absolute Gasteiger partial charge is 0.490 e. The Hall–Kier alpha value is -2.48. The highest BCUT2D eigenvalue weighted by Crippen LogP contribution is 2.28. The fraction of sp³-hybridized carbons (Fsp3) is 0.333. The van der Waals surface area contributed by atoms with Gasteiger partial charge in [0, 0.05) is 12.6 Å². The number of nitrogens with zero attached hydrogens (tertiary/aromatic N) is 4. The minimum atomic E-state index is -0.487. The third-order valence-electron chi connectivity index (χ3n) is 2.72. The summed E-state index contributed by atoms with van der Waals surface area (Å²) in [5.74, 6) is 0.215. The molecule has 0 saturated carbocycles. The van der Waals surface area contributed by atoms with E-state index in [1.54, 1.807) is 18.3 Å². The van der Waals surface area contributed by atoms with Crippen LogP contribution in [0.25, 0.3) is 5.69 Å². The highest BCUT2D eigenvalue weighted by molar-refractivity contribution is 5.53. The van der Waals surface area contributed by atoms with Gasteiger partial charge in [0.25, 0.3) is 0 Å². The molecule has 8 heteroatoms. The molecule has 0 radical (unpaired) electrons. The Labute approximate surface area is 115 Å². The van der Waals surface area contributed by atoms with Crippen molar-refractivity contribution in [3.63, 3.8) is 0 Å². The molecule has 2 aromatic rings. The average molecular weight is 277 g/mol. The van der Waals surface area contributed by atoms with Crippen LogP contribution in [0.4, 0.5) is 5.69 Å². The fourth-order valence-corrected chi connectivity index (χ4v) is 1.72. The highest BCUT2D eigenvalue weighted by Gasteiger charge is 2.16. The first-order chi connectivity index (χ1) is 9.65. The number of hydrogen-bond donors (Lipinski definition) is 1. The van der Waals surface area contributed by atoms with E-state index in [4.69, 9.17) is 4.74 Å². The van der Waals surface area contributed by atoms with Crippen LogP contribution in [0, 0.1) is 10.1 Å². The second-order valence-corrected chi connectivity index (χ2v) is 4.05. The van der Waals surface area contributed by atoms with Crippen molar-refractivity contribution in [2.45, 2.75) is 13.5 Å². The Morgan fingerprint density at radius 3 is 2.95 bits per heavy atom. The van der Waals surface area contributed by atoms with E-state index in [1.165, 1.54) is 17.9 Å². The lowest BCUT2D eigenvalue weighted by molar-refractivity contribution is -0.385. The van der Waals surface area contributed by atoms with Gasteiger partial charge < -0.3 is 10.1 Å². The summed E-state index contributed by atoms with van der Waals surface area (Å²) in [5, 5.41) is 22.1. The van der Waals surface area contributed by atoms with Crippen LogP contribution >= 0.6 is 0 Å². The lowest BCUT2D eigenvalue weighted by Gasteiger charge is -2.04. The quantitative estimate of drug-likeness (QED) is 0.631. The summed E-state index contributed by atoms with van der Waals surface area (Å²) < 4.78 is 6.46. The van der Waals surface area contributed by atoms with E-state index in [-0.39, 0.29) is 11.4 Å². The maximum atomic E-state index is 11.0. The van der Waals surface area contributed by atoms with Gasteiger partial charge in [0.15, 0.2) is 5.75 Å². The summed E-state index contributed by atoms with van der Waals surface area (Å²) in [6.07, 6.45) is 1.73. The van der Waals surface area contributed by atoms with Crippen molar-refractivity contribution >= 4 is 5.69 Å². The van der Waals surface area contributed by atoms with Gasteiger partial charge in [0.05, 0.1) is 29.6 Å². The first kappa shape index (κ1) is 13.9. The highest BCUT2D eigenvalue weighted by atomic mass is 16.6. The number of nitro groups is 1. The molecule has 0 unspecified atom stereocenters. The van der Waals surface area contributed by atoms with Gasteiger partial charge in [-0.3, -0.25) is 10.1 Å². The molecule has 0 amide bonds. The van der Waals surface area contributed by atoms with Crippen LogP contribution in [-0.2, 0) is 6.54 Å². The Morgan fingerprint density at radius 1 is 1.50 bits per heavy atom. The summed E-state index contributed by atoms with van der Waals surface area (Å²) in [7, 11) is 1.39. The van der Waals surface area contributed by atoms with Gasteiger partial charge in [-0.05, 0) is 18.7 Å². The normalized spacial score (nSPS) is 10.5. The Kier molecular flexibility index (Phi) is 4.26. The number of ether oxygens (including phenoxy) is 1. The van der Waals surface area contributed by atoms with Gasteiger partial charge in [-0.25, -0.2) is 4.68 Å². The van der Waals surface area contributed by atoms with Crippen LogP contribution in [0.2, 0.25) is 0 Å². The number of rotatable bonds is 6. The smallest absolute Gasteiger partial charge is 0.313 e. The molecule has 0 saturated heterocycles. The molecular formula is C12H15N5O3. The first-order valence-corrected chi connectivity index (χ1v) is 6.10. The number of benzene rings is 1. The minimum absolute atomic E-state index is 0.103. The molecule has 0 aliphatic heterocycles. The third-order valence-corrected chi connectivity index (χ3v) is 2.72. The molecule has 0 atom stereocenters. The van der Waals surface area contributed by atoms with Gasteiger partial charge >= 0.3 is 5.69 Å². The van der Waals surface area contributed by atoms with E-state index < -0.39 is 4.92 Å². The minimum Gasteiger partial charge on any atom is -0.490 e. The lowest BCUT2D eigenvalue weighted by atomic mass is 10.2. The zero-order valence-corrected chi connectivity index (χ0v) is 11.2. The van der Waals surface area contributed by atoms with Crippen LogP contribution in [0.5, 0.6) is 5.75 Å². The van der Waals surface area contributed by atoms with Crippen molar-refractivity contribution < 1.29 is 9.66 Å². The number of aromatic nitrogens is 3. The van der Waals surface area contributed by atoms with Crippen LogP contribution in [0.15, 0.2) is 24.4 Å². The van der Waals surface area contributed by atoms with Crippen molar-refractivity contribution in [3.8, 4) is 11.4 Å². The van der Waals surface area contributed by atoms with Gasteiger partial charge in [-0.15, -0.1) is 5.10 Å². The average Bonchev–Trinajstić information content (AvgIpc) is 2.93. The van der Waals surface area contributed by atoms with E-state index in [0.717, 1.165) is 12.2 Å². The number of nitro benzene ring substituents is 1. The standard InChI is InChI=1S/C12H15N5O3/c1-3-13-7-9-8-16(15-14-9)10-4-5-12(20-2)11(6-10)17(18)19/h4-6,8,13H,3,7H2,1-2H3. The topological polar surface area (TPSA) is 95.1 Å². The van der Waals surface area contributed by atoms with Crippen LogP contribution in [0.1, 0.15) is 12.6 Å². The summed E-state index contributed by atoms with van der Waals surface area (Å²) >= 11 is 0. The summed E-state index contributed by atoms with van der Waals surface area (Å²) in [6, 6.07) is 4.64. The second-order valence-electron chi connectivity index (χ2n) is 4.05. The van der Waals surface area contributed by atoms with Crippen molar-refractivity contribution in [2.24, 2.45) is 0 Å². The molecule has 0 spiro atoms. The summed E-state index contributed by atoms with van der Waals surface area (Å²) in [4.78, 5) is 10.5. The van der Waals surface area contributed by atoms with Crippen molar-refractivity contribution in [2.75, 3.05) is 13.7 Å². The van der Waals surface area contributed by atoms with E-state index in [1.807, 2.05) is 6.92 Å². The molecule has 1 aromatic carbocycles. The molecule has 2 rings (SSSR count). The number of nitrogens with one attached hydrogen (secondary N) is 1. The predicted molar refractivity (Wildman–Crippen MR) is 71.9 cm³/mol. The molecule has 0 aliphatic carbocycles. The van der Waals surface area contributed by atoms with Crippen molar-refractivity contribution in [1.29, 1.82) is 0 Å². The predicted octanol–water partition coefficient (Wildman–Crippen LogP) is 1.29. The third kappa shape index (κ3) is 2.91. The molecule has 1 aromatic heterocycles. The molecule has 8 nitrogen and oxygen atoms in total. The van der Waals surface area contributed by atoms with Crippen LogP contribution in [-0.4, -0.2) is 33.6 Å². The van der Waals surface area contributed by atoms with E-state index in [0.29, 0.717) is 12.2 Å². The van der Waals surface area contributed by atoms with Crippen molar-refractivity contribution in [3.05, 3.63) is 40.2 Å². The number of methoxy groups -OCH3 is 1. The van der Waals surface area contributed by atoms with Crippen molar-refractivity contribution in [1.82, 2.24) is 20.3 Å². The van der Waals surface area contributed by atoms with Gasteiger partial charge in [-0.1, -0.05) is 12.1 Å². The van der Waals surface area contributed by atoms with Gasteiger partial charge in [0.2, 0.25) is 0 Å². The van der Waals surface area contributed by atoms with E-state index in [2.05, 4.69) is 15.6 Å². The Morgan fingerprint density at radius 2 is 2.30 bits per heavy atom. The molecule has 0 bridgehead atoms.